The Balaban J connectivity index is 1.54. The molecule has 226 valence electrons. The van der Waals surface area contributed by atoms with Crippen LogP contribution in [0.25, 0.3) is 0 Å². The number of alkyl halides is 1. The number of carbonyl (C=O) groups is 5. The number of nitro benzene ring substituents is 2. The van der Waals surface area contributed by atoms with E-state index in [1.807, 2.05) is 0 Å². The number of ether oxygens (including phenoxy) is 1. The number of anilines is 2. The summed E-state index contributed by atoms with van der Waals surface area (Å²) >= 11 is 3.65. The minimum Gasteiger partial charge on any atom is -0.463 e. The molecule has 0 radical (unpaired) electrons. The van der Waals surface area contributed by atoms with Crippen LogP contribution in [0.1, 0.15) is 20.8 Å². The number of halogens is 1. The first-order valence-corrected chi connectivity index (χ1v) is 14.3. The number of esters is 1. The third kappa shape index (κ3) is 3.49. The average molecular weight is 667 g/mol. The zero-order valence-corrected chi connectivity index (χ0v) is 25.0. The fraction of sp³-hybridized carbons (Fsp3) is 0.345. The highest BCUT2D eigenvalue weighted by atomic mass is 79.9. The van der Waals surface area contributed by atoms with Crippen LogP contribution in [-0.2, 0) is 28.7 Å². The van der Waals surface area contributed by atoms with Gasteiger partial charge in [0.25, 0.3) is 11.4 Å². The molecule has 5 aliphatic rings. The summed E-state index contributed by atoms with van der Waals surface area (Å²) < 4.78 is 3.69. The molecule has 0 N–H and O–H groups in total. The Bertz CT molecular complexity index is 1650. The van der Waals surface area contributed by atoms with E-state index in [1.54, 1.807) is 13.8 Å². The first-order chi connectivity index (χ1) is 20.7. The van der Waals surface area contributed by atoms with Crippen molar-refractivity contribution in [3.63, 3.8) is 0 Å². The molecule has 0 aromatic heterocycles. The van der Waals surface area contributed by atoms with E-state index in [0.717, 1.165) is 34.1 Å². The Hall–Kier alpha value is -4.79. The van der Waals surface area contributed by atoms with Crippen molar-refractivity contribution >= 4 is 68.3 Å². The van der Waals surface area contributed by atoms with E-state index >= 15 is 0 Å². The summed E-state index contributed by atoms with van der Waals surface area (Å²) in [4.78, 5) is 93.4. The van der Waals surface area contributed by atoms with Gasteiger partial charge in [0.2, 0.25) is 23.6 Å². The second-order valence-electron chi connectivity index (χ2n) is 11.3. The maximum Gasteiger partial charge on any atom is 0.334 e. The first-order valence-electron chi connectivity index (χ1n) is 13.5. The predicted molar refractivity (Wildman–Crippen MR) is 154 cm³/mol. The van der Waals surface area contributed by atoms with Crippen LogP contribution in [0.2, 0.25) is 0 Å². The van der Waals surface area contributed by atoms with Crippen molar-refractivity contribution in [2.75, 3.05) is 16.4 Å². The molecule has 2 aliphatic heterocycles. The Morgan fingerprint density at radius 1 is 0.795 bits per heavy atom. The molecule has 2 saturated heterocycles. The van der Waals surface area contributed by atoms with Gasteiger partial charge in [0.15, 0.2) is 0 Å². The Morgan fingerprint density at radius 2 is 1.16 bits per heavy atom. The Morgan fingerprint density at radius 3 is 1.50 bits per heavy atom. The van der Waals surface area contributed by atoms with Crippen LogP contribution in [0.15, 0.2) is 59.7 Å². The molecule has 3 fully saturated rings. The highest BCUT2D eigenvalue weighted by Crippen LogP contribution is 2.72. The number of amides is 4. The molecule has 2 heterocycles. The topological polar surface area (TPSA) is 187 Å². The van der Waals surface area contributed by atoms with Gasteiger partial charge in [0, 0.05) is 35.3 Å². The molecule has 4 atom stereocenters. The number of rotatable bonds is 6. The SMILES string of the molecule is CCOC(=O)C1=C(C)C2(Br)[C@H]3C(=O)N(c4ccc([N+](=O)[O-])cc4)C(=O)[C@@H]3C1(C)[C@H]1C(=O)N(c3ccc([N+](=O)[O-])cc3)C(=O)[C@@H]12. The number of benzene rings is 2. The molecule has 7 rings (SSSR count). The molecule has 44 heavy (non-hydrogen) atoms. The lowest BCUT2D eigenvalue weighted by atomic mass is 9.43. The van der Waals surface area contributed by atoms with Crippen molar-refractivity contribution in [1.29, 1.82) is 0 Å². The summed E-state index contributed by atoms with van der Waals surface area (Å²) in [5.74, 6) is -8.71. The zero-order valence-electron chi connectivity index (χ0n) is 23.4. The van der Waals surface area contributed by atoms with Gasteiger partial charge in [-0.2, -0.15) is 0 Å². The maximum atomic E-state index is 14.3. The van der Waals surface area contributed by atoms with E-state index in [2.05, 4.69) is 15.9 Å². The van der Waals surface area contributed by atoms with Crippen molar-refractivity contribution in [2.45, 2.75) is 25.1 Å². The quantitative estimate of drug-likeness (QED) is 0.145. The molecule has 4 amide bonds. The van der Waals surface area contributed by atoms with Crippen LogP contribution >= 0.6 is 15.9 Å². The molecule has 15 heteroatoms. The number of allylic oxidation sites excluding steroid dienone is 1. The molecule has 2 aromatic carbocycles. The lowest BCUT2D eigenvalue weighted by molar-refractivity contribution is -0.385. The number of carbonyl (C=O) groups excluding carboxylic acids is 5. The summed E-state index contributed by atoms with van der Waals surface area (Å²) in [5.41, 5.74) is -1.79. The minimum atomic E-state index is -1.69. The van der Waals surface area contributed by atoms with Crippen molar-refractivity contribution < 1.29 is 38.6 Å². The second kappa shape index (κ2) is 9.61. The predicted octanol–water partition coefficient (Wildman–Crippen LogP) is 3.46. The van der Waals surface area contributed by atoms with Crippen LogP contribution in [-0.4, -0.2) is 50.4 Å². The molecular weight excluding hydrogens is 644 g/mol. The fourth-order valence-corrected chi connectivity index (χ4v) is 8.80. The number of nitrogens with zero attached hydrogens (tertiary/aromatic N) is 4. The van der Waals surface area contributed by atoms with Gasteiger partial charge < -0.3 is 4.74 Å². The van der Waals surface area contributed by atoms with Gasteiger partial charge in [0.1, 0.15) is 0 Å². The average Bonchev–Trinajstić information content (AvgIpc) is 3.42. The van der Waals surface area contributed by atoms with Crippen molar-refractivity contribution in [1.82, 2.24) is 0 Å². The smallest absolute Gasteiger partial charge is 0.334 e. The highest BCUT2D eigenvalue weighted by Gasteiger charge is 2.81. The van der Waals surface area contributed by atoms with Gasteiger partial charge in [-0.3, -0.25) is 39.4 Å². The van der Waals surface area contributed by atoms with Crippen molar-refractivity contribution in [3.05, 3.63) is 79.9 Å². The lowest BCUT2D eigenvalue weighted by Gasteiger charge is -2.59. The largest absolute Gasteiger partial charge is 0.463 e. The third-order valence-electron chi connectivity index (χ3n) is 9.42. The summed E-state index contributed by atoms with van der Waals surface area (Å²) in [6.45, 7) is 4.64. The normalized spacial score (nSPS) is 30.5. The molecule has 0 spiro atoms. The number of hydrogen-bond acceptors (Lipinski definition) is 10. The van der Waals surface area contributed by atoms with Gasteiger partial charge in [-0.15, -0.1) is 0 Å². The van der Waals surface area contributed by atoms with Crippen molar-refractivity contribution in [2.24, 2.45) is 29.1 Å². The van der Waals surface area contributed by atoms with Crippen LogP contribution in [0.5, 0.6) is 0 Å². The second-order valence-corrected chi connectivity index (χ2v) is 12.6. The summed E-state index contributed by atoms with van der Waals surface area (Å²) in [5, 5.41) is 22.4. The zero-order chi connectivity index (χ0) is 32.0. The maximum absolute atomic E-state index is 14.3. The highest BCUT2D eigenvalue weighted by molar-refractivity contribution is 9.10. The van der Waals surface area contributed by atoms with E-state index in [0.29, 0.717) is 0 Å². The van der Waals surface area contributed by atoms with Crippen LogP contribution in [0.3, 0.4) is 0 Å². The molecule has 2 aromatic rings. The summed E-state index contributed by atoms with van der Waals surface area (Å²) in [6.07, 6.45) is 0. The standard InChI is InChI=1S/C29H23BrN4O10/c1-4-44-27(39)18-13(2)29(30)21-19(23(35)31(25(21)37)14-5-9-16(10-6-14)33(40)41)28(18,3)20-22(29)26(38)32(24(20)36)15-7-11-17(12-8-15)34(42)43/h5-12,19-22H,4H2,1-3H3/t19-,20-,21-,22-,28?,29?/m1/s1. The number of hydrogen-bond donors (Lipinski definition) is 0. The summed E-state index contributed by atoms with van der Waals surface area (Å²) in [7, 11) is 0. The number of non-ortho nitro benzene ring substituents is 2. The van der Waals surface area contributed by atoms with Gasteiger partial charge >= 0.3 is 5.97 Å². The van der Waals surface area contributed by atoms with E-state index in [9.17, 15) is 44.2 Å². The molecule has 14 nitrogen and oxygen atoms in total. The van der Waals surface area contributed by atoms with E-state index in [-0.39, 0.29) is 40.5 Å². The molecule has 2 bridgehead atoms. The van der Waals surface area contributed by atoms with Crippen LogP contribution in [0.4, 0.5) is 22.7 Å². The minimum absolute atomic E-state index is 0.0112. The summed E-state index contributed by atoms with van der Waals surface area (Å²) in [6, 6.07) is 9.63. The van der Waals surface area contributed by atoms with E-state index in [4.69, 9.17) is 4.74 Å². The molecule has 3 aliphatic carbocycles. The molecule has 1 saturated carbocycles. The Labute approximate surface area is 257 Å². The van der Waals surface area contributed by atoms with Crippen LogP contribution in [0, 0.1) is 49.3 Å². The third-order valence-corrected chi connectivity index (χ3v) is 11.0. The monoisotopic (exact) mass is 666 g/mol. The van der Waals surface area contributed by atoms with E-state index < -0.39 is 72.9 Å². The van der Waals surface area contributed by atoms with Gasteiger partial charge in [0.05, 0.1) is 55.8 Å². The van der Waals surface area contributed by atoms with Crippen molar-refractivity contribution in [3.8, 4) is 0 Å². The van der Waals surface area contributed by atoms with Gasteiger partial charge in [-0.25, -0.2) is 14.6 Å². The molecule has 0 unspecified atom stereocenters. The fourth-order valence-electron chi connectivity index (χ4n) is 7.69. The van der Waals surface area contributed by atoms with E-state index in [1.165, 1.54) is 31.2 Å². The van der Waals surface area contributed by atoms with Gasteiger partial charge in [-0.1, -0.05) is 22.9 Å². The van der Waals surface area contributed by atoms with Gasteiger partial charge in [-0.05, 0) is 43.7 Å². The lowest BCUT2D eigenvalue weighted by Crippen LogP contribution is -2.67. The van der Waals surface area contributed by atoms with Crippen LogP contribution < -0.4 is 9.80 Å². The molecular formula is C29H23BrN4O10. The first kappa shape index (κ1) is 29.3. The Kier molecular flexibility index (Phi) is 6.39. The number of nitro groups is 2. The number of imide groups is 2.